The van der Waals surface area contributed by atoms with Crippen LogP contribution in [0.15, 0.2) is 128 Å². The van der Waals surface area contributed by atoms with Crippen molar-refractivity contribution < 1.29 is 24.1 Å². The van der Waals surface area contributed by atoms with Gasteiger partial charge in [-0.1, -0.05) is 116 Å². The number of esters is 1. The van der Waals surface area contributed by atoms with Crippen molar-refractivity contribution in [1.29, 1.82) is 0 Å². The number of phenols is 1. The number of carbonyl (C=O) groups is 1. The van der Waals surface area contributed by atoms with Gasteiger partial charge in [-0.3, -0.25) is 0 Å². The fourth-order valence-electron chi connectivity index (χ4n) is 6.01. The molecule has 0 unspecified atom stereocenters. The highest BCUT2D eigenvalue weighted by Crippen LogP contribution is 2.38. The second kappa shape index (κ2) is 14.0. The topological polar surface area (TPSA) is 65.0 Å². The Bertz CT molecular complexity index is 1790. The second-order valence-corrected chi connectivity index (χ2v) is 11.3. The van der Waals surface area contributed by atoms with Crippen LogP contribution < -0.4 is 14.2 Å². The fraction of sp³-hybridized carbons (Fsp3) is 0.146. The van der Waals surface area contributed by atoms with Crippen molar-refractivity contribution in [2.75, 3.05) is 13.2 Å². The van der Waals surface area contributed by atoms with Gasteiger partial charge >= 0.3 is 5.97 Å². The minimum absolute atomic E-state index is 0.259. The summed E-state index contributed by atoms with van der Waals surface area (Å²) in [6.45, 7) is 8.36. The van der Waals surface area contributed by atoms with Crippen molar-refractivity contribution in [3.63, 3.8) is 0 Å². The van der Waals surface area contributed by atoms with E-state index in [1.54, 1.807) is 24.3 Å². The molecule has 0 saturated carbocycles. The lowest BCUT2D eigenvalue weighted by molar-refractivity contribution is 0.0731. The van der Waals surface area contributed by atoms with Gasteiger partial charge in [0.2, 0.25) is 0 Å². The summed E-state index contributed by atoms with van der Waals surface area (Å²) in [6, 6.07) is 33.0. The van der Waals surface area contributed by atoms with Crippen LogP contribution in [-0.4, -0.2) is 24.3 Å². The number of rotatable bonds is 8. The predicted octanol–water partition coefficient (Wildman–Crippen LogP) is 8.42. The first-order valence-electron chi connectivity index (χ1n) is 15.4. The summed E-state index contributed by atoms with van der Waals surface area (Å²) in [4.78, 5) is 13.5. The largest absolute Gasteiger partial charge is 0.507 e. The Morgan fingerprint density at radius 1 is 0.543 bits per heavy atom. The molecule has 0 radical (unpaired) electrons. The highest BCUT2D eigenvalue weighted by Gasteiger charge is 2.22. The lowest BCUT2D eigenvalue weighted by atomic mass is 9.91. The van der Waals surface area contributed by atoms with Crippen LogP contribution in [0.2, 0.25) is 0 Å². The smallest absolute Gasteiger partial charge is 0.343 e. The van der Waals surface area contributed by atoms with E-state index in [-0.39, 0.29) is 5.75 Å². The molecule has 46 heavy (non-hydrogen) atoms. The highest BCUT2D eigenvalue weighted by atomic mass is 16.5. The maximum absolute atomic E-state index is 13.5. The molecule has 5 nitrogen and oxygen atoms in total. The summed E-state index contributed by atoms with van der Waals surface area (Å²) >= 11 is 0. The van der Waals surface area contributed by atoms with Crippen molar-refractivity contribution in [3.8, 4) is 23.0 Å². The third-order valence-corrected chi connectivity index (χ3v) is 8.16. The van der Waals surface area contributed by atoms with Gasteiger partial charge in [0.15, 0.2) is 0 Å². The Balaban J connectivity index is 1.56. The van der Waals surface area contributed by atoms with E-state index in [0.717, 1.165) is 56.0 Å². The maximum atomic E-state index is 13.5. The minimum Gasteiger partial charge on any atom is -0.507 e. The van der Waals surface area contributed by atoms with E-state index < -0.39 is 5.97 Å². The average molecular weight is 609 g/mol. The number of ether oxygens (including phenoxy) is 3. The van der Waals surface area contributed by atoms with Gasteiger partial charge in [-0.15, -0.1) is 0 Å². The summed E-state index contributed by atoms with van der Waals surface area (Å²) in [5.41, 5.74) is 7.53. The summed E-state index contributed by atoms with van der Waals surface area (Å²) in [7, 11) is 0. The molecule has 1 N–H and O–H groups in total. The first kappa shape index (κ1) is 30.5. The lowest BCUT2D eigenvalue weighted by Crippen LogP contribution is -2.13. The Kier molecular flexibility index (Phi) is 9.30. The Labute approximate surface area is 270 Å². The van der Waals surface area contributed by atoms with E-state index in [4.69, 9.17) is 14.2 Å². The van der Waals surface area contributed by atoms with Crippen molar-refractivity contribution in [1.82, 2.24) is 0 Å². The van der Waals surface area contributed by atoms with E-state index in [1.165, 1.54) is 0 Å². The molecule has 0 saturated heterocycles. The van der Waals surface area contributed by atoms with Gasteiger partial charge in [0.25, 0.3) is 0 Å². The molecular formula is C41H36O5. The van der Waals surface area contributed by atoms with E-state index in [9.17, 15) is 9.90 Å². The molecule has 230 valence electrons. The zero-order valence-electron chi connectivity index (χ0n) is 25.7. The van der Waals surface area contributed by atoms with Gasteiger partial charge in [-0.2, -0.15) is 0 Å². The molecule has 5 heteroatoms. The number of carbonyl (C=O) groups excluding carboxylic acids is 1. The van der Waals surface area contributed by atoms with Crippen LogP contribution >= 0.6 is 0 Å². The SMILES string of the molecule is C=CCOc1c2cccc1Cc1cccc(c1OC(=O)c1ccccc1)Cc1cccc(c1OCC=C)Cc1cccc(c1O)C2. The molecule has 5 aromatic rings. The molecular weight excluding hydrogens is 572 g/mol. The van der Waals surface area contributed by atoms with E-state index in [2.05, 4.69) is 13.2 Å². The molecule has 0 atom stereocenters. The van der Waals surface area contributed by atoms with Crippen LogP contribution in [0.1, 0.15) is 54.9 Å². The first-order chi connectivity index (χ1) is 22.6. The Hall–Kier alpha value is -5.55. The van der Waals surface area contributed by atoms with Gasteiger partial charge in [0, 0.05) is 25.7 Å². The fourth-order valence-corrected chi connectivity index (χ4v) is 6.01. The van der Waals surface area contributed by atoms with Crippen LogP contribution in [0.25, 0.3) is 0 Å². The van der Waals surface area contributed by atoms with Crippen molar-refractivity contribution in [2.45, 2.75) is 25.7 Å². The summed E-state index contributed by atoms with van der Waals surface area (Å²) in [6.07, 6.45) is 5.29. The van der Waals surface area contributed by atoms with Crippen LogP contribution in [0.3, 0.4) is 0 Å². The molecule has 0 aromatic heterocycles. The minimum atomic E-state index is -0.425. The third kappa shape index (κ3) is 6.59. The third-order valence-electron chi connectivity index (χ3n) is 8.16. The monoisotopic (exact) mass is 608 g/mol. The van der Waals surface area contributed by atoms with Gasteiger partial charge in [0.1, 0.15) is 36.2 Å². The lowest BCUT2D eigenvalue weighted by Gasteiger charge is -2.21. The molecule has 6 rings (SSSR count). The number of hydrogen-bond acceptors (Lipinski definition) is 5. The zero-order valence-corrected chi connectivity index (χ0v) is 25.7. The van der Waals surface area contributed by atoms with Crippen LogP contribution in [-0.2, 0) is 25.7 Å². The summed E-state index contributed by atoms with van der Waals surface area (Å²) in [5.74, 6) is 1.82. The summed E-state index contributed by atoms with van der Waals surface area (Å²) < 4.78 is 18.8. The highest BCUT2D eigenvalue weighted by molar-refractivity contribution is 5.91. The Morgan fingerprint density at radius 2 is 0.913 bits per heavy atom. The molecule has 0 spiro atoms. The number of phenolic OH excluding ortho intramolecular Hbond substituents is 1. The van der Waals surface area contributed by atoms with E-state index in [1.807, 2.05) is 91.0 Å². The van der Waals surface area contributed by atoms with Crippen molar-refractivity contribution in [2.24, 2.45) is 0 Å². The standard InChI is InChI=1S/C41H36O5/c1-3-22-44-38-31-16-9-18-33(38)26-35-20-11-21-36(40(35)46-41(43)28-12-6-5-7-13-28)27-34-19-10-17-32(39(34)45-23-4-2)25-30-15-8-14-29(24-31)37(30)42/h3-21,42H,1-2,22-27H2. The molecule has 0 heterocycles. The number of para-hydroxylation sites is 4. The quantitative estimate of drug-likeness (QED) is 0.107. The van der Waals surface area contributed by atoms with Crippen LogP contribution in [0.5, 0.6) is 23.0 Å². The predicted molar refractivity (Wildman–Crippen MR) is 181 cm³/mol. The summed E-state index contributed by atoms with van der Waals surface area (Å²) in [5, 5.41) is 11.5. The van der Waals surface area contributed by atoms with E-state index >= 15 is 0 Å². The molecule has 5 aromatic carbocycles. The van der Waals surface area contributed by atoms with Gasteiger partial charge in [0.05, 0.1) is 5.56 Å². The van der Waals surface area contributed by atoms with Crippen molar-refractivity contribution in [3.05, 3.63) is 179 Å². The van der Waals surface area contributed by atoms with Crippen LogP contribution in [0.4, 0.5) is 0 Å². The first-order valence-corrected chi connectivity index (χ1v) is 15.4. The van der Waals surface area contributed by atoms with Crippen molar-refractivity contribution >= 4 is 5.97 Å². The molecule has 0 aliphatic heterocycles. The zero-order chi connectivity index (χ0) is 31.9. The number of fused-ring (bicyclic) bond motifs is 8. The van der Waals surface area contributed by atoms with Crippen LogP contribution in [0, 0.1) is 0 Å². The number of benzene rings is 5. The molecule has 0 amide bonds. The average Bonchev–Trinajstić information content (AvgIpc) is 3.07. The molecule has 0 fully saturated rings. The number of aromatic hydroxyl groups is 1. The molecule has 8 bridgehead atoms. The van der Waals surface area contributed by atoms with Gasteiger partial charge in [-0.25, -0.2) is 4.79 Å². The Morgan fingerprint density at radius 3 is 1.33 bits per heavy atom. The van der Waals surface area contributed by atoms with Gasteiger partial charge < -0.3 is 19.3 Å². The molecule has 1 aliphatic carbocycles. The molecule has 1 aliphatic rings. The number of hydrogen-bond donors (Lipinski definition) is 1. The normalized spacial score (nSPS) is 12.1. The van der Waals surface area contributed by atoms with E-state index in [0.29, 0.717) is 50.2 Å². The maximum Gasteiger partial charge on any atom is 0.343 e. The van der Waals surface area contributed by atoms with Gasteiger partial charge in [-0.05, 0) is 56.6 Å². The second-order valence-electron chi connectivity index (χ2n) is 11.3.